The second kappa shape index (κ2) is 8.68. The first-order valence-corrected chi connectivity index (χ1v) is 5.70. The summed E-state index contributed by atoms with van der Waals surface area (Å²) in [6, 6.07) is -0.151. The summed E-state index contributed by atoms with van der Waals surface area (Å²) in [6.45, 7) is 7.71. The van der Waals surface area contributed by atoms with Crippen molar-refractivity contribution in [2.45, 2.75) is 39.7 Å². The van der Waals surface area contributed by atoms with Gasteiger partial charge in [-0.15, -0.1) is 0 Å². The van der Waals surface area contributed by atoms with Crippen LogP contribution in [-0.2, 0) is 4.79 Å². The molecule has 0 aromatic heterocycles. The molecule has 0 spiro atoms. The molecule has 0 radical (unpaired) electrons. The molecule has 0 saturated carbocycles. The zero-order valence-electron chi connectivity index (χ0n) is 10.0. The average Bonchev–Trinajstić information content (AvgIpc) is 2.20. The lowest BCUT2D eigenvalue weighted by molar-refractivity contribution is -0.122. The van der Waals surface area contributed by atoms with Crippen LogP contribution in [0.3, 0.4) is 0 Å². The second-order valence-corrected chi connectivity index (χ2v) is 4.25. The molecule has 90 valence electrons. The predicted molar refractivity (Wildman–Crippen MR) is 61.6 cm³/mol. The van der Waals surface area contributed by atoms with E-state index in [1.54, 1.807) is 0 Å². The van der Waals surface area contributed by atoms with Crippen molar-refractivity contribution in [1.82, 2.24) is 10.6 Å². The Hall–Kier alpha value is -0.610. The maximum absolute atomic E-state index is 11.5. The Morgan fingerprint density at radius 2 is 1.93 bits per heavy atom. The zero-order chi connectivity index (χ0) is 11.7. The minimum Gasteiger partial charge on any atom is -0.396 e. The van der Waals surface area contributed by atoms with Crippen molar-refractivity contribution in [2.24, 2.45) is 5.92 Å². The molecule has 1 atom stereocenters. The third kappa shape index (κ3) is 8.39. The van der Waals surface area contributed by atoms with E-state index in [2.05, 4.69) is 24.5 Å². The lowest BCUT2D eigenvalue weighted by Crippen LogP contribution is -2.43. The van der Waals surface area contributed by atoms with E-state index in [-0.39, 0.29) is 18.6 Å². The maximum atomic E-state index is 11.5. The van der Waals surface area contributed by atoms with Gasteiger partial charge in [-0.05, 0) is 32.2 Å². The molecule has 0 aliphatic heterocycles. The molecular formula is C11H24N2O2. The SMILES string of the molecule is CC(C)CNC(=O)C(C)NCCCCO. The third-order valence-corrected chi connectivity index (χ3v) is 2.11. The fourth-order valence-corrected chi connectivity index (χ4v) is 1.11. The summed E-state index contributed by atoms with van der Waals surface area (Å²) in [7, 11) is 0. The van der Waals surface area contributed by atoms with Gasteiger partial charge < -0.3 is 15.7 Å². The molecule has 0 heterocycles. The highest BCUT2D eigenvalue weighted by atomic mass is 16.2. The molecule has 4 nitrogen and oxygen atoms in total. The first-order chi connectivity index (χ1) is 7.07. The second-order valence-electron chi connectivity index (χ2n) is 4.25. The van der Waals surface area contributed by atoms with Crippen molar-refractivity contribution in [3.63, 3.8) is 0 Å². The van der Waals surface area contributed by atoms with Crippen LogP contribution >= 0.6 is 0 Å². The Bertz CT molecular complexity index is 172. The van der Waals surface area contributed by atoms with E-state index in [1.807, 2.05) is 6.92 Å². The quantitative estimate of drug-likeness (QED) is 0.518. The standard InChI is InChI=1S/C11H24N2O2/c1-9(2)8-13-11(15)10(3)12-6-4-5-7-14/h9-10,12,14H,4-8H2,1-3H3,(H,13,15). The number of hydrogen-bond acceptors (Lipinski definition) is 3. The first kappa shape index (κ1) is 14.4. The lowest BCUT2D eigenvalue weighted by atomic mass is 10.2. The highest BCUT2D eigenvalue weighted by molar-refractivity contribution is 5.81. The topological polar surface area (TPSA) is 61.4 Å². The van der Waals surface area contributed by atoms with Gasteiger partial charge in [0.05, 0.1) is 6.04 Å². The smallest absolute Gasteiger partial charge is 0.236 e. The van der Waals surface area contributed by atoms with Crippen molar-refractivity contribution in [3.8, 4) is 0 Å². The molecule has 0 aromatic rings. The van der Waals surface area contributed by atoms with Crippen LogP contribution in [-0.4, -0.2) is 36.8 Å². The number of aliphatic hydroxyl groups excluding tert-OH is 1. The molecule has 0 aliphatic carbocycles. The number of aliphatic hydroxyl groups is 1. The first-order valence-electron chi connectivity index (χ1n) is 5.70. The lowest BCUT2D eigenvalue weighted by Gasteiger charge is -2.14. The molecule has 3 N–H and O–H groups in total. The Labute approximate surface area is 92.4 Å². The van der Waals surface area contributed by atoms with Crippen molar-refractivity contribution in [3.05, 3.63) is 0 Å². The molecule has 15 heavy (non-hydrogen) atoms. The van der Waals surface area contributed by atoms with Gasteiger partial charge in [0.25, 0.3) is 0 Å². The summed E-state index contributed by atoms with van der Waals surface area (Å²) in [5, 5.41) is 14.6. The predicted octanol–water partition coefficient (Wildman–Crippen LogP) is 0.509. The third-order valence-electron chi connectivity index (χ3n) is 2.11. The van der Waals surface area contributed by atoms with Crippen LogP contribution in [0.4, 0.5) is 0 Å². The van der Waals surface area contributed by atoms with E-state index in [1.165, 1.54) is 0 Å². The number of unbranched alkanes of at least 4 members (excludes halogenated alkanes) is 1. The number of hydrogen-bond donors (Lipinski definition) is 3. The van der Waals surface area contributed by atoms with Gasteiger partial charge in [-0.3, -0.25) is 4.79 Å². The minimum absolute atomic E-state index is 0.0488. The highest BCUT2D eigenvalue weighted by Gasteiger charge is 2.10. The van der Waals surface area contributed by atoms with E-state index < -0.39 is 0 Å². The van der Waals surface area contributed by atoms with Gasteiger partial charge in [0.2, 0.25) is 5.91 Å². The Morgan fingerprint density at radius 3 is 2.47 bits per heavy atom. The molecular weight excluding hydrogens is 192 g/mol. The molecule has 0 fully saturated rings. The van der Waals surface area contributed by atoms with Crippen LogP contribution < -0.4 is 10.6 Å². The summed E-state index contributed by atoms with van der Waals surface area (Å²) in [5.41, 5.74) is 0. The summed E-state index contributed by atoms with van der Waals surface area (Å²) in [5.74, 6) is 0.531. The van der Waals surface area contributed by atoms with Crippen LogP contribution in [0.1, 0.15) is 33.6 Å². The van der Waals surface area contributed by atoms with E-state index in [9.17, 15) is 4.79 Å². The maximum Gasteiger partial charge on any atom is 0.236 e. The normalized spacial score (nSPS) is 12.9. The summed E-state index contributed by atoms with van der Waals surface area (Å²) < 4.78 is 0. The van der Waals surface area contributed by atoms with Crippen LogP contribution in [0.25, 0.3) is 0 Å². The van der Waals surface area contributed by atoms with Crippen molar-refractivity contribution in [2.75, 3.05) is 19.7 Å². The van der Waals surface area contributed by atoms with E-state index in [0.29, 0.717) is 5.92 Å². The van der Waals surface area contributed by atoms with Crippen LogP contribution in [0, 0.1) is 5.92 Å². The fourth-order valence-electron chi connectivity index (χ4n) is 1.11. The number of carbonyl (C=O) groups is 1. The molecule has 0 aromatic carbocycles. The van der Waals surface area contributed by atoms with E-state index >= 15 is 0 Å². The van der Waals surface area contributed by atoms with Crippen LogP contribution in [0.15, 0.2) is 0 Å². The summed E-state index contributed by atoms with van der Waals surface area (Å²) in [4.78, 5) is 11.5. The van der Waals surface area contributed by atoms with Gasteiger partial charge in [-0.2, -0.15) is 0 Å². The summed E-state index contributed by atoms with van der Waals surface area (Å²) in [6.07, 6.45) is 1.69. The monoisotopic (exact) mass is 216 g/mol. The van der Waals surface area contributed by atoms with E-state index in [4.69, 9.17) is 5.11 Å². The van der Waals surface area contributed by atoms with Gasteiger partial charge in [-0.1, -0.05) is 13.8 Å². The van der Waals surface area contributed by atoms with Crippen molar-refractivity contribution < 1.29 is 9.90 Å². The summed E-state index contributed by atoms with van der Waals surface area (Å²) >= 11 is 0. The van der Waals surface area contributed by atoms with Crippen molar-refractivity contribution in [1.29, 1.82) is 0 Å². The van der Waals surface area contributed by atoms with Gasteiger partial charge in [0.1, 0.15) is 0 Å². The number of amides is 1. The Balaban J connectivity index is 3.51. The Morgan fingerprint density at radius 1 is 1.27 bits per heavy atom. The van der Waals surface area contributed by atoms with Gasteiger partial charge in [0, 0.05) is 13.2 Å². The number of rotatable bonds is 8. The number of carbonyl (C=O) groups excluding carboxylic acids is 1. The molecule has 0 saturated heterocycles. The van der Waals surface area contributed by atoms with Crippen molar-refractivity contribution >= 4 is 5.91 Å². The Kier molecular flexibility index (Phi) is 8.33. The van der Waals surface area contributed by atoms with E-state index in [0.717, 1.165) is 25.9 Å². The average molecular weight is 216 g/mol. The minimum atomic E-state index is -0.151. The zero-order valence-corrected chi connectivity index (χ0v) is 10.0. The van der Waals surface area contributed by atoms with Gasteiger partial charge >= 0.3 is 0 Å². The number of nitrogens with one attached hydrogen (secondary N) is 2. The molecule has 0 aliphatic rings. The highest BCUT2D eigenvalue weighted by Crippen LogP contribution is 1.90. The van der Waals surface area contributed by atoms with Gasteiger partial charge in [0.15, 0.2) is 0 Å². The molecule has 4 heteroatoms. The molecule has 0 bridgehead atoms. The van der Waals surface area contributed by atoms with Crippen LogP contribution in [0.5, 0.6) is 0 Å². The molecule has 1 unspecified atom stereocenters. The molecule has 0 rings (SSSR count). The van der Waals surface area contributed by atoms with Crippen LogP contribution in [0.2, 0.25) is 0 Å². The fraction of sp³-hybridized carbons (Fsp3) is 0.909. The largest absolute Gasteiger partial charge is 0.396 e. The van der Waals surface area contributed by atoms with Gasteiger partial charge in [-0.25, -0.2) is 0 Å². The molecule has 1 amide bonds.